The van der Waals surface area contributed by atoms with Gasteiger partial charge in [-0.05, 0) is 55.2 Å². The number of carbonyl (C=O) groups excluding carboxylic acids is 1. The first-order valence-corrected chi connectivity index (χ1v) is 11.4. The van der Waals surface area contributed by atoms with Gasteiger partial charge in [0.2, 0.25) is 15.9 Å². The SMILES string of the molecule is O=C(NCCc1ccccc1Cl)[C@@H]1CCCCN1S(=O)(=O)c1ccc(Cl)cc1. The van der Waals surface area contributed by atoms with Gasteiger partial charge in [0, 0.05) is 23.1 Å². The summed E-state index contributed by atoms with van der Waals surface area (Å²) in [4.78, 5) is 12.9. The molecule has 0 aromatic heterocycles. The van der Waals surface area contributed by atoms with Crippen LogP contribution in [0.15, 0.2) is 53.4 Å². The third kappa shape index (κ3) is 4.87. The van der Waals surface area contributed by atoms with Crippen LogP contribution < -0.4 is 5.32 Å². The molecule has 28 heavy (non-hydrogen) atoms. The number of amides is 1. The smallest absolute Gasteiger partial charge is 0.243 e. The van der Waals surface area contributed by atoms with Crippen LogP contribution in [-0.4, -0.2) is 37.8 Å². The third-order valence-electron chi connectivity index (χ3n) is 4.83. The number of nitrogens with zero attached hydrogens (tertiary/aromatic N) is 1. The lowest BCUT2D eigenvalue weighted by molar-refractivity contribution is -0.125. The Morgan fingerprint density at radius 3 is 2.50 bits per heavy atom. The Balaban J connectivity index is 1.69. The van der Waals surface area contributed by atoms with Crippen molar-refractivity contribution in [3.63, 3.8) is 0 Å². The molecule has 0 radical (unpaired) electrons. The topological polar surface area (TPSA) is 66.5 Å². The first-order chi connectivity index (χ1) is 13.4. The fourth-order valence-corrected chi connectivity index (χ4v) is 5.35. The van der Waals surface area contributed by atoms with Gasteiger partial charge in [0.15, 0.2) is 0 Å². The number of halogens is 2. The Morgan fingerprint density at radius 2 is 1.79 bits per heavy atom. The van der Waals surface area contributed by atoms with Crippen LogP contribution in [0.5, 0.6) is 0 Å². The maximum Gasteiger partial charge on any atom is 0.243 e. The van der Waals surface area contributed by atoms with Crippen molar-refractivity contribution in [2.24, 2.45) is 0 Å². The molecule has 1 saturated heterocycles. The summed E-state index contributed by atoms with van der Waals surface area (Å²) in [7, 11) is -3.76. The second-order valence-corrected chi connectivity index (χ2v) is 9.45. The van der Waals surface area contributed by atoms with Crippen LogP contribution in [0.3, 0.4) is 0 Å². The van der Waals surface area contributed by atoms with E-state index in [0.717, 1.165) is 18.4 Å². The molecule has 8 heteroatoms. The lowest BCUT2D eigenvalue weighted by Gasteiger charge is -2.33. The van der Waals surface area contributed by atoms with E-state index in [0.29, 0.717) is 36.0 Å². The summed E-state index contributed by atoms with van der Waals surface area (Å²) < 4.78 is 27.4. The Morgan fingerprint density at radius 1 is 1.07 bits per heavy atom. The molecule has 5 nitrogen and oxygen atoms in total. The van der Waals surface area contributed by atoms with Gasteiger partial charge in [0.1, 0.15) is 6.04 Å². The average Bonchev–Trinajstić information content (AvgIpc) is 2.69. The second-order valence-electron chi connectivity index (χ2n) is 6.71. The zero-order chi connectivity index (χ0) is 20.1. The molecule has 2 aromatic carbocycles. The molecule has 0 saturated carbocycles. The highest BCUT2D eigenvalue weighted by molar-refractivity contribution is 7.89. The fraction of sp³-hybridized carbons (Fsp3) is 0.350. The molecule has 0 unspecified atom stereocenters. The van der Waals surface area contributed by atoms with E-state index in [1.807, 2.05) is 18.2 Å². The van der Waals surface area contributed by atoms with Gasteiger partial charge in [-0.15, -0.1) is 0 Å². The van der Waals surface area contributed by atoms with Gasteiger partial charge in [-0.25, -0.2) is 8.42 Å². The number of hydrogen-bond donors (Lipinski definition) is 1. The van der Waals surface area contributed by atoms with E-state index in [1.165, 1.54) is 28.6 Å². The van der Waals surface area contributed by atoms with Crippen molar-refractivity contribution < 1.29 is 13.2 Å². The summed E-state index contributed by atoms with van der Waals surface area (Å²) >= 11 is 12.0. The summed E-state index contributed by atoms with van der Waals surface area (Å²) in [6, 6.07) is 12.8. The van der Waals surface area contributed by atoms with Crippen molar-refractivity contribution in [2.45, 2.75) is 36.6 Å². The number of sulfonamides is 1. The van der Waals surface area contributed by atoms with Gasteiger partial charge in [-0.1, -0.05) is 47.8 Å². The van der Waals surface area contributed by atoms with Crippen LogP contribution in [0.1, 0.15) is 24.8 Å². The van der Waals surface area contributed by atoms with Gasteiger partial charge in [-0.3, -0.25) is 4.79 Å². The standard InChI is InChI=1S/C20H22Cl2N2O3S/c21-16-8-10-17(11-9-16)28(26,27)24-14-4-3-7-19(24)20(25)23-13-12-15-5-1-2-6-18(15)22/h1-2,5-6,8-11,19H,3-4,7,12-14H2,(H,23,25)/t19-/m0/s1. The van der Waals surface area contributed by atoms with Crippen LogP contribution in [0.4, 0.5) is 0 Å². The molecule has 1 N–H and O–H groups in total. The van der Waals surface area contributed by atoms with Gasteiger partial charge in [0.05, 0.1) is 4.90 Å². The molecule has 1 amide bonds. The predicted molar refractivity (Wildman–Crippen MR) is 111 cm³/mol. The van der Waals surface area contributed by atoms with Crippen LogP contribution >= 0.6 is 23.2 Å². The molecule has 1 aliphatic rings. The quantitative estimate of drug-likeness (QED) is 0.740. The van der Waals surface area contributed by atoms with Crippen molar-refractivity contribution in [1.82, 2.24) is 9.62 Å². The van der Waals surface area contributed by atoms with Crippen LogP contribution in [0.2, 0.25) is 10.0 Å². The summed E-state index contributed by atoms with van der Waals surface area (Å²) in [6.07, 6.45) is 2.64. The molecular weight excluding hydrogens is 419 g/mol. The largest absolute Gasteiger partial charge is 0.354 e. The van der Waals surface area contributed by atoms with E-state index in [4.69, 9.17) is 23.2 Å². The van der Waals surface area contributed by atoms with Crippen LogP contribution in [-0.2, 0) is 21.2 Å². The number of piperidine rings is 1. The minimum absolute atomic E-state index is 0.146. The maximum absolute atomic E-state index is 13.0. The van der Waals surface area contributed by atoms with Crippen molar-refractivity contribution in [2.75, 3.05) is 13.1 Å². The Labute approximate surface area is 175 Å². The van der Waals surface area contributed by atoms with E-state index in [-0.39, 0.29) is 10.8 Å². The molecule has 3 rings (SSSR count). The monoisotopic (exact) mass is 440 g/mol. The Bertz CT molecular complexity index is 933. The second kappa shape index (κ2) is 9.27. The van der Waals surface area contributed by atoms with E-state index in [2.05, 4.69) is 5.32 Å². The first kappa shape index (κ1) is 21.1. The summed E-state index contributed by atoms with van der Waals surface area (Å²) in [5.74, 6) is -0.274. The molecule has 1 heterocycles. The average molecular weight is 441 g/mol. The number of hydrogen-bond acceptors (Lipinski definition) is 3. The van der Waals surface area contributed by atoms with Crippen LogP contribution in [0.25, 0.3) is 0 Å². The number of rotatable bonds is 6. The number of benzene rings is 2. The van der Waals surface area contributed by atoms with Crippen molar-refractivity contribution in [3.05, 3.63) is 64.1 Å². The maximum atomic E-state index is 13.0. The van der Waals surface area contributed by atoms with E-state index in [9.17, 15) is 13.2 Å². The van der Waals surface area contributed by atoms with E-state index < -0.39 is 16.1 Å². The molecule has 0 bridgehead atoms. The molecule has 0 spiro atoms. The summed E-state index contributed by atoms with van der Waals surface area (Å²) in [5.41, 5.74) is 0.943. The number of carbonyl (C=O) groups is 1. The number of nitrogens with one attached hydrogen (secondary N) is 1. The zero-order valence-corrected chi connectivity index (χ0v) is 17.6. The lowest BCUT2D eigenvalue weighted by Crippen LogP contribution is -2.52. The highest BCUT2D eigenvalue weighted by Crippen LogP contribution is 2.26. The molecule has 1 fully saturated rings. The molecule has 150 valence electrons. The van der Waals surface area contributed by atoms with E-state index in [1.54, 1.807) is 6.07 Å². The van der Waals surface area contributed by atoms with Crippen LogP contribution in [0, 0.1) is 0 Å². The predicted octanol–water partition coefficient (Wildman–Crippen LogP) is 3.90. The minimum atomic E-state index is -3.76. The van der Waals surface area contributed by atoms with Gasteiger partial charge in [-0.2, -0.15) is 4.31 Å². The Hall–Kier alpha value is -1.60. The van der Waals surface area contributed by atoms with Gasteiger partial charge < -0.3 is 5.32 Å². The first-order valence-electron chi connectivity index (χ1n) is 9.18. The molecule has 2 aromatic rings. The molecule has 0 aliphatic carbocycles. The zero-order valence-electron chi connectivity index (χ0n) is 15.3. The highest BCUT2D eigenvalue weighted by Gasteiger charge is 2.37. The Kier molecular flexibility index (Phi) is 6.99. The van der Waals surface area contributed by atoms with Gasteiger partial charge in [0.25, 0.3) is 0 Å². The lowest BCUT2D eigenvalue weighted by atomic mass is 10.0. The van der Waals surface area contributed by atoms with E-state index >= 15 is 0 Å². The van der Waals surface area contributed by atoms with Crippen molar-refractivity contribution in [3.8, 4) is 0 Å². The fourth-order valence-electron chi connectivity index (χ4n) is 3.34. The molecule has 1 aliphatic heterocycles. The molecule has 1 atom stereocenters. The minimum Gasteiger partial charge on any atom is -0.354 e. The highest BCUT2D eigenvalue weighted by atomic mass is 35.5. The van der Waals surface area contributed by atoms with Gasteiger partial charge >= 0.3 is 0 Å². The summed E-state index contributed by atoms with van der Waals surface area (Å²) in [6.45, 7) is 0.724. The summed E-state index contributed by atoms with van der Waals surface area (Å²) in [5, 5.41) is 3.98. The van der Waals surface area contributed by atoms with Crippen molar-refractivity contribution >= 4 is 39.1 Å². The third-order valence-corrected chi connectivity index (χ3v) is 7.37. The molecular formula is C20H22Cl2N2O3S. The normalized spacial score (nSPS) is 18.0. The van der Waals surface area contributed by atoms with Crippen molar-refractivity contribution in [1.29, 1.82) is 0 Å².